The summed E-state index contributed by atoms with van der Waals surface area (Å²) in [6, 6.07) is 3.48. The van der Waals surface area contributed by atoms with Gasteiger partial charge in [-0.2, -0.15) is 0 Å². The molecule has 1 heterocycles. The molecule has 0 radical (unpaired) electrons. The number of halogens is 2. The van der Waals surface area contributed by atoms with E-state index in [1.165, 1.54) is 7.11 Å². The average molecular weight is 210 g/mol. The third-order valence-corrected chi connectivity index (χ3v) is 0.988. The molecule has 0 saturated heterocycles. The molecule has 1 aromatic rings. The Morgan fingerprint density at radius 3 is 2.08 bits per heavy atom. The normalized spacial score (nSPS) is 6.83. The molecule has 5 heteroatoms. The van der Waals surface area contributed by atoms with Crippen LogP contribution in [0.5, 0.6) is 0 Å². The van der Waals surface area contributed by atoms with Crippen LogP contribution in [-0.2, 0) is 9.53 Å². The molecule has 0 bridgehead atoms. The quantitative estimate of drug-likeness (QED) is 0.665. The number of pyridine rings is 1. The number of carbonyl (C=O) groups is 1. The van der Waals surface area contributed by atoms with Gasteiger partial charge in [0.2, 0.25) is 0 Å². The zero-order valence-electron chi connectivity index (χ0n) is 6.44. The Morgan fingerprint density at radius 2 is 1.92 bits per heavy atom. The molecule has 0 fully saturated rings. The van der Waals surface area contributed by atoms with Crippen molar-refractivity contribution in [1.82, 2.24) is 4.98 Å². The van der Waals surface area contributed by atoms with E-state index in [1.807, 2.05) is 0 Å². The number of nitrogens with zero attached hydrogens (tertiary/aromatic N) is 1. The second kappa shape index (κ2) is 10.2. The molecular formula is C7H9Cl2NO2. The summed E-state index contributed by atoms with van der Waals surface area (Å²) in [6.45, 7) is 0.375. The summed E-state index contributed by atoms with van der Waals surface area (Å²) >= 11 is 5.50. The predicted octanol–water partition coefficient (Wildman–Crippen LogP) is 1.95. The van der Waals surface area contributed by atoms with Crippen molar-refractivity contribution >= 4 is 30.5 Å². The standard InChI is InChI=1S/C5H4ClN.C2H4O2.ClH/c6-5-1-3-7-4-2-5;1-4-2-3;/h1-4H;2H,1H3;1H. The van der Waals surface area contributed by atoms with Crippen LogP contribution in [0.1, 0.15) is 0 Å². The number of hydrogen-bond donors (Lipinski definition) is 0. The summed E-state index contributed by atoms with van der Waals surface area (Å²) in [4.78, 5) is 12.7. The Bertz CT molecular complexity index is 194. The Hall–Kier alpha value is -0.800. The third kappa shape index (κ3) is 9.20. The average Bonchev–Trinajstić information content (AvgIpc) is 2.07. The maximum absolute atomic E-state index is 8.95. The third-order valence-electron chi connectivity index (χ3n) is 0.736. The highest BCUT2D eigenvalue weighted by molar-refractivity contribution is 6.30. The maximum atomic E-state index is 8.95. The molecule has 0 amide bonds. The van der Waals surface area contributed by atoms with E-state index < -0.39 is 0 Å². The molecular weight excluding hydrogens is 201 g/mol. The van der Waals surface area contributed by atoms with Crippen molar-refractivity contribution < 1.29 is 9.53 Å². The van der Waals surface area contributed by atoms with Gasteiger partial charge in [0.05, 0.1) is 7.11 Å². The molecule has 3 nitrogen and oxygen atoms in total. The predicted molar refractivity (Wildman–Crippen MR) is 49.6 cm³/mol. The fourth-order valence-corrected chi connectivity index (χ4v) is 0.446. The summed E-state index contributed by atoms with van der Waals surface area (Å²) in [5.41, 5.74) is 0. The first kappa shape index (κ1) is 13.8. The van der Waals surface area contributed by atoms with Crippen LogP contribution in [0.15, 0.2) is 24.5 Å². The fraction of sp³-hybridized carbons (Fsp3) is 0.143. The van der Waals surface area contributed by atoms with Crippen molar-refractivity contribution in [3.63, 3.8) is 0 Å². The lowest BCUT2D eigenvalue weighted by Gasteiger charge is -1.79. The van der Waals surface area contributed by atoms with E-state index in [9.17, 15) is 0 Å². The van der Waals surface area contributed by atoms with Crippen LogP contribution >= 0.6 is 24.0 Å². The molecule has 0 saturated carbocycles. The second-order valence-electron chi connectivity index (χ2n) is 1.50. The van der Waals surface area contributed by atoms with Gasteiger partial charge in [0.1, 0.15) is 0 Å². The first-order valence-corrected chi connectivity index (χ1v) is 3.21. The molecule has 0 aromatic carbocycles. The number of carbonyl (C=O) groups excluding carboxylic acids is 1. The van der Waals surface area contributed by atoms with Crippen LogP contribution in [0.2, 0.25) is 5.02 Å². The summed E-state index contributed by atoms with van der Waals surface area (Å²) in [5, 5.41) is 0.731. The minimum atomic E-state index is 0. The zero-order chi connectivity index (χ0) is 8.53. The Morgan fingerprint density at radius 1 is 1.50 bits per heavy atom. The largest absolute Gasteiger partial charge is 0.471 e. The Labute approximate surface area is 82.1 Å². The van der Waals surface area contributed by atoms with Gasteiger partial charge in [0.15, 0.2) is 0 Å². The van der Waals surface area contributed by atoms with Gasteiger partial charge in [-0.3, -0.25) is 9.78 Å². The molecule has 12 heavy (non-hydrogen) atoms. The highest BCUT2D eigenvalue weighted by atomic mass is 35.5. The number of methoxy groups -OCH3 is 1. The number of hydrogen-bond acceptors (Lipinski definition) is 3. The van der Waals surface area contributed by atoms with E-state index in [0.717, 1.165) is 5.02 Å². The molecule has 0 aliphatic heterocycles. The van der Waals surface area contributed by atoms with Crippen LogP contribution in [0.4, 0.5) is 0 Å². The van der Waals surface area contributed by atoms with Gasteiger partial charge >= 0.3 is 0 Å². The van der Waals surface area contributed by atoms with Crippen molar-refractivity contribution in [2.75, 3.05) is 7.11 Å². The molecule has 0 aliphatic carbocycles. The SMILES string of the molecule is COC=O.Cl.Clc1ccncc1. The van der Waals surface area contributed by atoms with Crippen molar-refractivity contribution in [2.24, 2.45) is 0 Å². The van der Waals surface area contributed by atoms with Crippen LogP contribution < -0.4 is 0 Å². The second-order valence-corrected chi connectivity index (χ2v) is 1.93. The number of rotatable bonds is 1. The maximum Gasteiger partial charge on any atom is 0.292 e. The monoisotopic (exact) mass is 209 g/mol. The highest BCUT2D eigenvalue weighted by Crippen LogP contribution is 2.01. The van der Waals surface area contributed by atoms with Crippen molar-refractivity contribution in [1.29, 1.82) is 0 Å². The van der Waals surface area contributed by atoms with Crippen LogP contribution in [0.25, 0.3) is 0 Å². The molecule has 0 unspecified atom stereocenters. The van der Waals surface area contributed by atoms with E-state index in [1.54, 1.807) is 24.5 Å². The topological polar surface area (TPSA) is 39.2 Å². The minimum absolute atomic E-state index is 0. The van der Waals surface area contributed by atoms with Crippen LogP contribution in [0, 0.1) is 0 Å². The van der Waals surface area contributed by atoms with Crippen molar-refractivity contribution in [2.45, 2.75) is 0 Å². The molecule has 0 aliphatic rings. The Kier molecular flexibility index (Phi) is 11.7. The van der Waals surface area contributed by atoms with Gasteiger partial charge in [-0.1, -0.05) is 11.6 Å². The van der Waals surface area contributed by atoms with Crippen LogP contribution in [-0.4, -0.2) is 18.6 Å². The first-order chi connectivity index (χ1) is 5.31. The molecule has 1 aromatic heterocycles. The van der Waals surface area contributed by atoms with E-state index in [0.29, 0.717) is 6.47 Å². The van der Waals surface area contributed by atoms with Crippen molar-refractivity contribution in [3.05, 3.63) is 29.5 Å². The van der Waals surface area contributed by atoms with E-state index in [2.05, 4.69) is 9.72 Å². The molecule has 68 valence electrons. The summed E-state index contributed by atoms with van der Waals surface area (Å²) in [7, 11) is 1.31. The van der Waals surface area contributed by atoms with E-state index in [-0.39, 0.29) is 12.4 Å². The fourth-order valence-electron chi connectivity index (χ4n) is 0.334. The lowest BCUT2D eigenvalue weighted by atomic mass is 10.5. The summed E-state index contributed by atoms with van der Waals surface area (Å²) in [5.74, 6) is 0. The summed E-state index contributed by atoms with van der Waals surface area (Å²) in [6.07, 6.45) is 3.31. The van der Waals surface area contributed by atoms with E-state index >= 15 is 0 Å². The van der Waals surface area contributed by atoms with Gasteiger partial charge in [-0.05, 0) is 12.1 Å². The van der Waals surface area contributed by atoms with Gasteiger partial charge in [-0.15, -0.1) is 12.4 Å². The molecule has 0 spiro atoms. The van der Waals surface area contributed by atoms with Crippen molar-refractivity contribution in [3.8, 4) is 0 Å². The van der Waals surface area contributed by atoms with Gasteiger partial charge in [0, 0.05) is 17.4 Å². The van der Waals surface area contributed by atoms with E-state index in [4.69, 9.17) is 16.4 Å². The number of aromatic nitrogens is 1. The lowest BCUT2D eigenvalue weighted by molar-refractivity contribution is -0.126. The zero-order valence-corrected chi connectivity index (χ0v) is 8.01. The molecule has 0 N–H and O–H groups in total. The summed E-state index contributed by atoms with van der Waals surface area (Å²) < 4.78 is 3.86. The molecule has 0 atom stereocenters. The lowest BCUT2D eigenvalue weighted by Crippen LogP contribution is -1.68. The van der Waals surface area contributed by atoms with Gasteiger partial charge < -0.3 is 4.74 Å². The first-order valence-electron chi connectivity index (χ1n) is 2.83. The van der Waals surface area contributed by atoms with Gasteiger partial charge in [-0.25, -0.2) is 0 Å². The smallest absolute Gasteiger partial charge is 0.292 e. The van der Waals surface area contributed by atoms with Crippen LogP contribution in [0.3, 0.4) is 0 Å². The number of ether oxygens (including phenoxy) is 1. The van der Waals surface area contributed by atoms with Gasteiger partial charge in [0.25, 0.3) is 6.47 Å². The minimum Gasteiger partial charge on any atom is -0.471 e. The highest BCUT2D eigenvalue weighted by Gasteiger charge is 1.75. The Balaban J connectivity index is 0. The molecule has 1 rings (SSSR count).